The molecular formula is C16H12ClN3O. The summed E-state index contributed by atoms with van der Waals surface area (Å²) in [6.07, 6.45) is 6.40. The van der Waals surface area contributed by atoms with Crippen molar-refractivity contribution in [2.45, 2.75) is 12.3 Å². The first-order chi connectivity index (χ1) is 10.2. The molecule has 1 amide bonds. The Balaban J connectivity index is 1.88. The highest BCUT2D eigenvalue weighted by atomic mass is 35.5. The van der Waals surface area contributed by atoms with Crippen LogP contribution in [0.3, 0.4) is 0 Å². The fourth-order valence-electron chi connectivity index (χ4n) is 2.86. The second-order valence-corrected chi connectivity index (χ2v) is 5.58. The summed E-state index contributed by atoms with van der Waals surface area (Å²) in [5, 5.41) is 10.8. The Morgan fingerprint density at radius 1 is 1.29 bits per heavy atom. The zero-order chi connectivity index (χ0) is 14.4. The Morgan fingerprint density at radius 2 is 2.10 bits per heavy atom. The van der Waals surface area contributed by atoms with Gasteiger partial charge in [0.15, 0.2) is 5.82 Å². The van der Waals surface area contributed by atoms with Crippen molar-refractivity contribution in [2.75, 3.05) is 5.32 Å². The Kier molecular flexibility index (Phi) is 2.72. The molecule has 0 saturated heterocycles. The highest BCUT2D eigenvalue weighted by Gasteiger charge is 2.33. The van der Waals surface area contributed by atoms with Crippen molar-refractivity contribution in [1.82, 2.24) is 10.2 Å². The molecule has 1 aromatic heterocycles. The van der Waals surface area contributed by atoms with Crippen molar-refractivity contribution < 1.29 is 4.79 Å². The van der Waals surface area contributed by atoms with Gasteiger partial charge in [0.05, 0.1) is 5.69 Å². The maximum Gasteiger partial charge on any atom is 0.226 e. The van der Waals surface area contributed by atoms with Gasteiger partial charge >= 0.3 is 0 Å². The summed E-state index contributed by atoms with van der Waals surface area (Å²) in [6.45, 7) is 0. The minimum atomic E-state index is -0.0777. The summed E-state index contributed by atoms with van der Waals surface area (Å²) in [5.41, 5.74) is 4.02. The van der Waals surface area contributed by atoms with Gasteiger partial charge in [0.2, 0.25) is 5.91 Å². The number of hydrogen-bond acceptors (Lipinski definition) is 2. The number of carbonyl (C=O) groups is 1. The SMILES string of the molecule is O=C1CC(c2ccccc2Cl)c2c(n[nH]c2C2=CC=C2)N1. The molecule has 1 aliphatic heterocycles. The molecule has 1 aliphatic carbocycles. The average molecular weight is 298 g/mol. The van der Waals surface area contributed by atoms with E-state index >= 15 is 0 Å². The number of fused-ring (bicyclic) bond motifs is 1. The first kappa shape index (κ1) is 12.4. The van der Waals surface area contributed by atoms with Crippen molar-refractivity contribution in [1.29, 1.82) is 0 Å². The molecule has 2 N–H and O–H groups in total. The van der Waals surface area contributed by atoms with Crippen LogP contribution >= 0.6 is 11.6 Å². The third kappa shape index (κ3) is 1.91. The molecule has 5 heteroatoms. The van der Waals surface area contributed by atoms with Gasteiger partial charge in [-0.05, 0) is 17.2 Å². The van der Waals surface area contributed by atoms with Crippen LogP contribution in [-0.4, -0.2) is 16.1 Å². The topological polar surface area (TPSA) is 57.8 Å². The van der Waals surface area contributed by atoms with E-state index in [9.17, 15) is 4.79 Å². The molecule has 1 aromatic carbocycles. The first-order valence-corrected chi connectivity index (χ1v) is 7.13. The average Bonchev–Trinajstić information content (AvgIpc) is 2.80. The number of anilines is 1. The molecule has 0 saturated carbocycles. The van der Waals surface area contributed by atoms with Crippen LogP contribution in [0.2, 0.25) is 5.02 Å². The van der Waals surface area contributed by atoms with Gasteiger partial charge < -0.3 is 5.32 Å². The van der Waals surface area contributed by atoms with E-state index in [0.29, 0.717) is 17.3 Å². The molecule has 0 radical (unpaired) electrons. The van der Waals surface area contributed by atoms with E-state index in [1.165, 1.54) is 0 Å². The highest BCUT2D eigenvalue weighted by Crippen LogP contribution is 2.43. The summed E-state index contributed by atoms with van der Waals surface area (Å²) in [4.78, 5) is 11.9. The van der Waals surface area contributed by atoms with Gasteiger partial charge in [0.1, 0.15) is 0 Å². The predicted molar refractivity (Wildman–Crippen MR) is 82.2 cm³/mol. The Bertz CT molecular complexity index is 804. The summed E-state index contributed by atoms with van der Waals surface area (Å²) in [5.74, 6) is 0.488. The van der Waals surface area contributed by atoms with Crippen molar-refractivity contribution >= 4 is 28.9 Å². The third-order valence-corrected chi connectivity index (χ3v) is 4.26. The lowest BCUT2D eigenvalue weighted by Gasteiger charge is -2.24. The van der Waals surface area contributed by atoms with Gasteiger partial charge in [-0.15, -0.1) is 0 Å². The van der Waals surface area contributed by atoms with Gasteiger partial charge in [-0.2, -0.15) is 5.10 Å². The third-order valence-electron chi connectivity index (χ3n) is 3.92. The predicted octanol–water partition coefficient (Wildman–Crippen LogP) is 3.49. The van der Waals surface area contributed by atoms with E-state index in [0.717, 1.165) is 22.4 Å². The zero-order valence-corrected chi connectivity index (χ0v) is 11.8. The monoisotopic (exact) mass is 297 g/mol. The van der Waals surface area contributed by atoms with E-state index in [2.05, 4.69) is 15.5 Å². The quantitative estimate of drug-likeness (QED) is 0.891. The largest absolute Gasteiger partial charge is 0.309 e. The van der Waals surface area contributed by atoms with E-state index in [1.54, 1.807) is 0 Å². The number of nitrogens with zero attached hydrogens (tertiary/aromatic N) is 1. The fraction of sp³-hybridized carbons (Fsp3) is 0.125. The Labute approximate surface area is 126 Å². The normalized spacial score (nSPS) is 19.6. The minimum Gasteiger partial charge on any atom is -0.309 e. The highest BCUT2D eigenvalue weighted by molar-refractivity contribution is 6.31. The van der Waals surface area contributed by atoms with Gasteiger partial charge in [-0.3, -0.25) is 9.89 Å². The van der Waals surface area contributed by atoms with Crippen LogP contribution in [0.15, 0.2) is 42.5 Å². The van der Waals surface area contributed by atoms with Crippen LogP contribution in [0.25, 0.3) is 5.57 Å². The Hall–Kier alpha value is -2.33. The molecule has 0 bridgehead atoms. The first-order valence-electron chi connectivity index (χ1n) is 6.75. The summed E-state index contributed by atoms with van der Waals surface area (Å²) in [6, 6.07) is 7.65. The summed E-state index contributed by atoms with van der Waals surface area (Å²) in [7, 11) is 0. The molecule has 1 atom stereocenters. The molecule has 104 valence electrons. The van der Waals surface area contributed by atoms with Crippen LogP contribution in [0, 0.1) is 0 Å². The molecular weight excluding hydrogens is 286 g/mol. The van der Waals surface area contributed by atoms with Crippen molar-refractivity contribution in [3.8, 4) is 0 Å². The van der Waals surface area contributed by atoms with Crippen molar-refractivity contribution in [3.05, 3.63) is 64.3 Å². The number of allylic oxidation sites excluding steroid dienone is 4. The maximum absolute atomic E-state index is 11.9. The van der Waals surface area contributed by atoms with Crippen LogP contribution in [-0.2, 0) is 4.79 Å². The van der Waals surface area contributed by atoms with Gasteiger partial charge in [0, 0.05) is 22.9 Å². The number of aromatic nitrogens is 2. The van der Waals surface area contributed by atoms with E-state index in [-0.39, 0.29) is 11.8 Å². The summed E-state index contributed by atoms with van der Waals surface area (Å²) >= 11 is 6.33. The number of aromatic amines is 1. The van der Waals surface area contributed by atoms with Crippen LogP contribution in [0.1, 0.15) is 29.2 Å². The fourth-order valence-corrected chi connectivity index (χ4v) is 3.13. The molecule has 4 rings (SSSR count). The zero-order valence-electron chi connectivity index (χ0n) is 11.1. The van der Waals surface area contributed by atoms with Gasteiger partial charge in [-0.25, -0.2) is 0 Å². The number of carbonyl (C=O) groups excluding carboxylic acids is 1. The lowest BCUT2D eigenvalue weighted by molar-refractivity contribution is -0.116. The molecule has 21 heavy (non-hydrogen) atoms. The summed E-state index contributed by atoms with van der Waals surface area (Å²) < 4.78 is 0. The van der Waals surface area contributed by atoms with Crippen molar-refractivity contribution in [3.63, 3.8) is 0 Å². The molecule has 2 heterocycles. The molecule has 2 aliphatic rings. The van der Waals surface area contributed by atoms with Gasteiger partial charge in [-0.1, -0.05) is 48.0 Å². The van der Waals surface area contributed by atoms with Crippen LogP contribution < -0.4 is 5.32 Å². The molecule has 4 nitrogen and oxygen atoms in total. The standard InChI is InChI=1S/C16H12ClN3O/c17-12-7-2-1-6-10(12)11-8-13(21)18-16-14(11)15(19-20-16)9-4-3-5-9/h1-7,11H,8H2,(H2,18,19,20,21). The van der Waals surface area contributed by atoms with Crippen LogP contribution in [0.5, 0.6) is 0 Å². The lowest BCUT2D eigenvalue weighted by Crippen LogP contribution is -2.23. The number of H-pyrrole nitrogens is 1. The second-order valence-electron chi connectivity index (χ2n) is 5.17. The molecule has 0 fully saturated rings. The van der Waals surface area contributed by atoms with Crippen molar-refractivity contribution in [2.24, 2.45) is 0 Å². The number of hydrogen-bond donors (Lipinski definition) is 2. The molecule has 2 aromatic rings. The number of amides is 1. The van der Waals surface area contributed by atoms with E-state index in [1.807, 2.05) is 42.5 Å². The van der Waals surface area contributed by atoms with Gasteiger partial charge in [0.25, 0.3) is 0 Å². The number of rotatable bonds is 2. The lowest BCUT2D eigenvalue weighted by atomic mass is 9.83. The van der Waals surface area contributed by atoms with E-state index in [4.69, 9.17) is 11.6 Å². The number of nitrogens with one attached hydrogen (secondary N) is 2. The number of benzene rings is 1. The smallest absolute Gasteiger partial charge is 0.226 e. The number of halogens is 1. The Morgan fingerprint density at radius 3 is 2.81 bits per heavy atom. The van der Waals surface area contributed by atoms with Crippen LogP contribution in [0.4, 0.5) is 5.82 Å². The maximum atomic E-state index is 11.9. The minimum absolute atomic E-state index is 0.0383. The second kappa shape index (κ2) is 4.60. The van der Waals surface area contributed by atoms with E-state index < -0.39 is 0 Å². The molecule has 1 unspecified atom stereocenters. The molecule has 0 spiro atoms.